The molecule has 1 heteroatoms. The van der Waals surface area contributed by atoms with Crippen molar-refractivity contribution >= 4 is 0 Å². The van der Waals surface area contributed by atoms with Crippen LogP contribution in [0.15, 0.2) is 42.5 Å². The lowest BCUT2D eigenvalue weighted by molar-refractivity contribution is 0.147. The molecule has 0 unspecified atom stereocenters. The molecule has 78 valence electrons. The number of hydrogen-bond acceptors (Lipinski definition) is 1. The molecule has 2 atom stereocenters. The van der Waals surface area contributed by atoms with Crippen molar-refractivity contribution in [2.45, 2.75) is 37.9 Å². The fourth-order valence-electron chi connectivity index (χ4n) is 2.81. The van der Waals surface area contributed by atoms with E-state index in [0.29, 0.717) is 12.1 Å². The molecule has 0 spiro atoms. The number of piperidine rings is 1. The number of nitrogens with zero attached hydrogens (tertiary/aromatic N) is 1. The molecule has 0 N–H and O–H groups in total. The average molecular weight is 199 g/mol. The maximum absolute atomic E-state index is 2.64. The minimum Gasteiger partial charge on any atom is -0.286 e. The van der Waals surface area contributed by atoms with Gasteiger partial charge < -0.3 is 0 Å². The van der Waals surface area contributed by atoms with E-state index in [4.69, 9.17) is 0 Å². The van der Waals surface area contributed by atoms with Crippen molar-refractivity contribution in [3.8, 4) is 0 Å². The lowest BCUT2D eigenvalue weighted by Gasteiger charge is -2.34. The van der Waals surface area contributed by atoms with E-state index in [2.05, 4.69) is 47.4 Å². The molecule has 1 aromatic rings. The number of benzene rings is 1. The van der Waals surface area contributed by atoms with E-state index in [1.807, 2.05) is 0 Å². The minimum absolute atomic E-state index is 0.712. The Balaban J connectivity index is 1.75. The molecule has 1 aromatic carbocycles. The van der Waals surface area contributed by atoms with Crippen LogP contribution in [0.3, 0.4) is 0 Å². The molecule has 0 amide bonds. The van der Waals surface area contributed by atoms with Crippen molar-refractivity contribution in [1.29, 1.82) is 0 Å². The summed E-state index contributed by atoms with van der Waals surface area (Å²) in [5.41, 5.74) is 1.44. The first-order valence-electron chi connectivity index (χ1n) is 5.91. The first-order chi connectivity index (χ1) is 7.43. The molecule has 3 rings (SSSR count). The van der Waals surface area contributed by atoms with Gasteiger partial charge in [-0.05, 0) is 24.8 Å². The van der Waals surface area contributed by atoms with E-state index in [-0.39, 0.29) is 0 Å². The summed E-state index contributed by atoms with van der Waals surface area (Å²) in [4.78, 5) is 2.64. The van der Waals surface area contributed by atoms with Crippen LogP contribution >= 0.6 is 0 Å². The number of hydrogen-bond donors (Lipinski definition) is 0. The molecule has 2 aliphatic rings. The van der Waals surface area contributed by atoms with Gasteiger partial charge in [-0.25, -0.2) is 0 Å². The highest BCUT2D eigenvalue weighted by Crippen LogP contribution is 2.31. The van der Waals surface area contributed by atoms with Gasteiger partial charge in [0.25, 0.3) is 0 Å². The highest BCUT2D eigenvalue weighted by Gasteiger charge is 2.31. The second-order valence-electron chi connectivity index (χ2n) is 4.61. The largest absolute Gasteiger partial charge is 0.286 e. The number of rotatable bonds is 2. The van der Waals surface area contributed by atoms with Gasteiger partial charge in [0, 0.05) is 18.6 Å². The van der Waals surface area contributed by atoms with Gasteiger partial charge >= 0.3 is 0 Å². The fraction of sp³-hybridized carbons (Fsp3) is 0.429. The van der Waals surface area contributed by atoms with Crippen LogP contribution < -0.4 is 0 Å². The molecule has 2 heterocycles. The summed E-state index contributed by atoms with van der Waals surface area (Å²) in [6.45, 7) is 1.11. The van der Waals surface area contributed by atoms with Crippen LogP contribution in [0.4, 0.5) is 0 Å². The van der Waals surface area contributed by atoms with Crippen LogP contribution in [0, 0.1) is 0 Å². The first-order valence-corrected chi connectivity index (χ1v) is 5.91. The molecule has 0 radical (unpaired) electrons. The second-order valence-corrected chi connectivity index (χ2v) is 4.61. The Labute approximate surface area is 91.4 Å². The van der Waals surface area contributed by atoms with Crippen LogP contribution in [0.5, 0.6) is 0 Å². The molecule has 1 nitrogen and oxygen atoms in total. The topological polar surface area (TPSA) is 3.24 Å². The summed E-state index contributed by atoms with van der Waals surface area (Å²) in [5.74, 6) is 0. The third-order valence-electron chi connectivity index (χ3n) is 3.62. The van der Waals surface area contributed by atoms with E-state index >= 15 is 0 Å². The van der Waals surface area contributed by atoms with E-state index in [1.165, 1.54) is 24.8 Å². The lowest BCUT2D eigenvalue weighted by atomic mass is 10.0. The Bertz CT molecular complexity index is 341. The Kier molecular flexibility index (Phi) is 2.34. The van der Waals surface area contributed by atoms with Gasteiger partial charge in [-0.2, -0.15) is 0 Å². The third-order valence-corrected chi connectivity index (χ3v) is 3.62. The van der Waals surface area contributed by atoms with Crippen molar-refractivity contribution in [2.75, 3.05) is 0 Å². The van der Waals surface area contributed by atoms with Gasteiger partial charge in [0.1, 0.15) is 0 Å². The van der Waals surface area contributed by atoms with Crippen LogP contribution in [-0.4, -0.2) is 17.0 Å². The predicted molar refractivity (Wildman–Crippen MR) is 62.6 cm³/mol. The Morgan fingerprint density at radius 2 is 1.67 bits per heavy atom. The SMILES string of the molecule is C1=C[C@H]2CCC[C@@H]1N2Cc1ccccc1. The highest BCUT2D eigenvalue weighted by atomic mass is 15.2. The molecule has 0 saturated carbocycles. The minimum atomic E-state index is 0.712. The van der Waals surface area contributed by atoms with Crippen LogP contribution in [0.2, 0.25) is 0 Å². The van der Waals surface area contributed by atoms with E-state index < -0.39 is 0 Å². The van der Waals surface area contributed by atoms with Gasteiger partial charge in [0.05, 0.1) is 0 Å². The second kappa shape index (κ2) is 3.82. The Morgan fingerprint density at radius 3 is 2.33 bits per heavy atom. The Hall–Kier alpha value is -1.08. The maximum Gasteiger partial charge on any atom is 0.0288 e. The summed E-state index contributed by atoms with van der Waals surface area (Å²) in [7, 11) is 0. The van der Waals surface area contributed by atoms with Crippen molar-refractivity contribution in [2.24, 2.45) is 0 Å². The zero-order valence-electron chi connectivity index (χ0n) is 8.97. The quantitative estimate of drug-likeness (QED) is 0.662. The summed E-state index contributed by atoms with van der Waals surface area (Å²) >= 11 is 0. The van der Waals surface area contributed by atoms with Gasteiger partial charge in [-0.3, -0.25) is 4.90 Å². The summed E-state index contributed by atoms with van der Waals surface area (Å²) in [6.07, 6.45) is 8.90. The fourth-order valence-corrected chi connectivity index (χ4v) is 2.81. The molecule has 15 heavy (non-hydrogen) atoms. The van der Waals surface area contributed by atoms with E-state index in [1.54, 1.807) is 0 Å². The molecular weight excluding hydrogens is 182 g/mol. The molecule has 2 aliphatic heterocycles. The van der Waals surface area contributed by atoms with Crippen molar-refractivity contribution in [1.82, 2.24) is 4.90 Å². The van der Waals surface area contributed by atoms with Crippen LogP contribution in [0.25, 0.3) is 0 Å². The maximum atomic E-state index is 2.64. The van der Waals surface area contributed by atoms with Gasteiger partial charge in [-0.1, -0.05) is 42.5 Å². The molecule has 0 aliphatic carbocycles. The van der Waals surface area contributed by atoms with Crippen molar-refractivity contribution in [3.05, 3.63) is 48.0 Å². The molecule has 2 bridgehead atoms. The predicted octanol–water partition coefficient (Wildman–Crippen LogP) is 2.98. The zero-order valence-corrected chi connectivity index (χ0v) is 8.97. The summed E-state index contributed by atoms with van der Waals surface area (Å²) in [6, 6.07) is 12.2. The average Bonchev–Trinajstić information content (AvgIpc) is 2.53. The monoisotopic (exact) mass is 199 g/mol. The van der Waals surface area contributed by atoms with Crippen LogP contribution in [-0.2, 0) is 6.54 Å². The molecule has 1 saturated heterocycles. The molecular formula is C14H17N. The van der Waals surface area contributed by atoms with Crippen LogP contribution in [0.1, 0.15) is 24.8 Å². The third kappa shape index (κ3) is 1.72. The molecule has 1 fully saturated rings. The highest BCUT2D eigenvalue weighted by molar-refractivity contribution is 5.19. The normalized spacial score (nSPS) is 29.6. The zero-order chi connectivity index (χ0) is 10.1. The van der Waals surface area contributed by atoms with Crippen molar-refractivity contribution < 1.29 is 0 Å². The van der Waals surface area contributed by atoms with E-state index in [0.717, 1.165) is 6.54 Å². The lowest BCUT2D eigenvalue weighted by Crippen LogP contribution is -2.39. The molecule has 0 aromatic heterocycles. The van der Waals surface area contributed by atoms with Gasteiger partial charge in [0.15, 0.2) is 0 Å². The number of fused-ring (bicyclic) bond motifs is 2. The van der Waals surface area contributed by atoms with Gasteiger partial charge in [-0.15, -0.1) is 0 Å². The van der Waals surface area contributed by atoms with Crippen molar-refractivity contribution in [3.63, 3.8) is 0 Å². The van der Waals surface area contributed by atoms with Gasteiger partial charge in [0.2, 0.25) is 0 Å². The Morgan fingerprint density at radius 1 is 1.00 bits per heavy atom. The first kappa shape index (κ1) is 9.17. The standard InChI is InChI=1S/C14H17N/c1-2-5-12(6-3-1)11-15-13-7-4-8-14(15)10-9-13/h1-3,5-6,9-10,13-14H,4,7-8,11H2/t13-,14+. The smallest absolute Gasteiger partial charge is 0.0288 e. The van der Waals surface area contributed by atoms with E-state index in [9.17, 15) is 0 Å². The summed E-state index contributed by atoms with van der Waals surface area (Å²) in [5, 5.41) is 0. The summed E-state index contributed by atoms with van der Waals surface area (Å²) < 4.78 is 0.